The van der Waals surface area contributed by atoms with E-state index in [0.717, 1.165) is 6.20 Å². The van der Waals surface area contributed by atoms with Crippen LogP contribution in [0, 0.1) is 0 Å². The fourth-order valence-electron chi connectivity index (χ4n) is 1.23. The third-order valence-electron chi connectivity index (χ3n) is 1.83. The molecule has 17 heavy (non-hydrogen) atoms. The van der Waals surface area contributed by atoms with Gasteiger partial charge in [0, 0.05) is 6.20 Å². The number of rotatable bonds is 3. The Hall–Kier alpha value is -1.91. The Morgan fingerprint density at radius 2 is 2.06 bits per heavy atom. The fourth-order valence-corrected chi connectivity index (χ4v) is 1.23. The summed E-state index contributed by atoms with van der Waals surface area (Å²) in [7, 11) is 0. The van der Waals surface area contributed by atoms with Crippen LogP contribution < -0.4 is 0 Å². The first kappa shape index (κ1) is 13.2. The minimum atomic E-state index is -0.627. The van der Waals surface area contributed by atoms with E-state index in [9.17, 15) is 14.7 Å². The SMILES string of the molecule is CC(C)(C)OC(=O)CC(=O)c1ccncc1O. The van der Waals surface area contributed by atoms with Crippen LogP contribution in [-0.2, 0) is 9.53 Å². The zero-order valence-electron chi connectivity index (χ0n) is 10.1. The molecule has 5 nitrogen and oxygen atoms in total. The van der Waals surface area contributed by atoms with Gasteiger partial charge in [0.05, 0.1) is 11.8 Å². The zero-order valence-corrected chi connectivity index (χ0v) is 10.1. The molecule has 1 N–H and O–H groups in total. The minimum Gasteiger partial charge on any atom is -0.506 e. The normalized spacial score (nSPS) is 11.0. The smallest absolute Gasteiger partial charge is 0.314 e. The number of esters is 1. The van der Waals surface area contributed by atoms with E-state index in [1.807, 2.05) is 0 Å². The molecule has 0 unspecified atom stereocenters. The van der Waals surface area contributed by atoms with Gasteiger partial charge in [0.2, 0.25) is 0 Å². The molecule has 0 fully saturated rings. The molecule has 0 spiro atoms. The van der Waals surface area contributed by atoms with Crippen molar-refractivity contribution in [1.29, 1.82) is 0 Å². The van der Waals surface area contributed by atoms with Gasteiger partial charge in [-0.3, -0.25) is 14.6 Å². The van der Waals surface area contributed by atoms with E-state index in [0.29, 0.717) is 0 Å². The molecule has 1 rings (SSSR count). The molecule has 1 aromatic rings. The van der Waals surface area contributed by atoms with Crippen molar-refractivity contribution in [3.63, 3.8) is 0 Å². The van der Waals surface area contributed by atoms with E-state index >= 15 is 0 Å². The zero-order chi connectivity index (χ0) is 13.1. The van der Waals surface area contributed by atoms with E-state index in [4.69, 9.17) is 4.74 Å². The summed E-state index contributed by atoms with van der Waals surface area (Å²) in [6.07, 6.45) is 2.14. The lowest BCUT2D eigenvalue weighted by molar-refractivity contribution is -0.153. The van der Waals surface area contributed by atoms with Crippen LogP contribution in [-0.4, -0.2) is 27.4 Å². The van der Waals surface area contributed by atoms with Crippen molar-refractivity contribution in [3.05, 3.63) is 24.0 Å². The molecular weight excluding hydrogens is 222 g/mol. The largest absolute Gasteiger partial charge is 0.506 e. The molecule has 1 heterocycles. The standard InChI is InChI=1S/C12H15NO4/c1-12(2,3)17-11(16)6-9(14)8-4-5-13-7-10(8)15/h4-5,7,15H,6H2,1-3H3. The molecule has 0 radical (unpaired) electrons. The molecule has 92 valence electrons. The van der Waals surface area contributed by atoms with Gasteiger partial charge in [-0.05, 0) is 26.8 Å². The average Bonchev–Trinajstić information content (AvgIpc) is 2.14. The topological polar surface area (TPSA) is 76.5 Å². The number of hydrogen-bond acceptors (Lipinski definition) is 5. The van der Waals surface area contributed by atoms with Gasteiger partial charge in [0.15, 0.2) is 5.78 Å². The third-order valence-corrected chi connectivity index (χ3v) is 1.83. The molecule has 0 aromatic carbocycles. The molecule has 0 aliphatic carbocycles. The maximum absolute atomic E-state index is 11.7. The Morgan fingerprint density at radius 3 is 2.59 bits per heavy atom. The van der Waals surface area contributed by atoms with Crippen LogP contribution in [0.1, 0.15) is 37.6 Å². The average molecular weight is 237 g/mol. The van der Waals surface area contributed by atoms with Crippen molar-refractivity contribution in [1.82, 2.24) is 4.98 Å². The van der Waals surface area contributed by atoms with E-state index < -0.39 is 23.8 Å². The molecule has 5 heteroatoms. The molecule has 0 aliphatic heterocycles. The van der Waals surface area contributed by atoms with Crippen LogP contribution in [0.2, 0.25) is 0 Å². The number of aromatic hydroxyl groups is 1. The Kier molecular flexibility index (Phi) is 3.83. The predicted octanol–water partition coefficient (Wildman–Crippen LogP) is 1.70. The van der Waals surface area contributed by atoms with E-state index in [1.165, 1.54) is 12.3 Å². The number of hydrogen-bond donors (Lipinski definition) is 1. The molecular formula is C12H15NO4. The second kappa shape index (κ2) is 4.95. The maximum atomic E-state index is 11.7. The molecule has 0 aliphatic rings. The Morgan fingerprint density at radius 1 is 1.41 bits per heavy atom. The lowest BCUT2D eigenvalue weighted by atomic mass is 10.1. The third kappa shape index (κ3) is 4.22. The second-order valence-electron chi connectivity index (χ2n) is 4.58. The van der Waals surface area contributed by atoms with Gasteiger partial charge in [-0.1, -0.05) is 0 Å². The summed E-state index contributed by atoms with van der Waals surface area (Å²) in [6, 6.07) is 1.36. The summed E-state index contributed by atoms with van der Waals surface area (Å²) in [6.45, 7) is 5.16. The van der Waals surface area contributed by atoms with Gasteiger partial charge < -0.3 is 9.84 Å². The van der Waals surface area contributed by atoms with Gasteiger partial charge in [0.1, 0.15) is 17.8 Å². The number of nitrogens with zero attached hydrogens (tertiary/aromatic N) is 1. The highest BCUT2D eigenvalue weighted by atomic mass is 16.6. The highest BCUT2D eigenvalue weighted by molar-refractivity contribution is 6.07. The van der Waals surface area contributed by atoms with Crippen molar-refractivity contribution < 1.29 is 19.4 Å². The Bertz CT molecular complexity index is 434. The van der Waals surface area contributed by atoms with Crippen LogP contribution in [0.15, 0.2) is 18.5 Å². The van der Waals surface area contributed by atoms with Crippen molar-refractivity contribution >= 4 is 11.8 Å². The molecule has 0 bridgehead atoms. The number of Topliss-reactive ketones (excluding diaryl/α,β-unsaturated/α-hetero) is 1. The van der Waals surface area contributed by atoms with Gasteiger partial charge in [-0.15, -0.1) is 0 Å². The fraction of sp³-hybridized carbons (Fsp3) is 0.417. The Labute approximate surface area is 99.4 Å². The van der Waals surface area contributed by atoms with E-state index in [2.05, 4.69) is 4.98 Å². The predicted molar refractivity (Wildman–Crippen MR) is 60.7 cm³/mol. The van der Waals surface area contributed by atoms with Crippen LogP contribution in [0.4, 0.5) is 0 Å². The maximum Gasteiger partial charge on any atom is 0.314 e. The van der Waals surface area contributed by atoms with Crippen molar-refractivity contribution in [2.45, 2.75) is 32.8 Å². The molecule has 0 saturated carbocycles. The highest BCUT2D eigenvalue weighted by Gasteiger charge is 2.21. The van der Waals surface area contributed by atoms with Crippen LogP contribution in [0.5, 0.6) is 5.75 Å². The minimum absolute atomic E-state index is 0.0749. The van der Waals surface area contributed by atoms with Crippen molar-refractivity contribution in [2.24, 2.45) is 0 Å². The quantitative estimate of drug-likeness (QED) is 0.492. The van der Waals surface area contributed by atoms with E-state index in [-0.39, 0.29) is 11.3 Å². The van der Waals surface area contributed by atoms with Gasteiger partial charge in [-0.25, -0.2) is 0 Å². The van der Waals surface area contributed by atoms with E-state index in [1.54, 1.807) is 20.8 Å². The van der Waals surface area contributed by atoms with Crippen LogP contribution in [0.25, 0.3) is 0 Å². The number of ether oxygens (including phenoxy) is 1. The summed E-state index contributed by atoms with van der Waals surface area (Å²) < 4.78 is 5.01. The van der Waals surface area contributed by atoms with Gasteiger partial charge in [-0.2, -0.15) is 0 Å². The van der Waals surface area contributed by atoms with Crippen LogP contribution >= 0.6 is 0 Å². The summed E-state index contributed by atoms with van der Waals surface area (Å²) in [4.78, 5) is 26.7. The first-order chi connectivity index (χ1) is 7.79. The highest BCUT2D eigenvalue weighted by Crippen LogP contribution is 2.17. The van der Waals surface area contributed by atoms with Gasteiger partial charge in [0.25, 0.3) is 0 Å². The summed E-state index contributed by atoms with van der Waals surface area (Å²) in [5.41, 5.74) is -0.552. The lowest BCUT2D eigenvalue weighted by Gasteiger charge is -2.19. The van der Waals surface area contributed by atoms with Crippen molar-refractivity contribution in [2.75, 3.05) is 0 Å². The number of carbonyl (C=O) groups excluding carboxylic acids is 2. The van der Waals surface area contributed by atoms with Crippen molar-refractivity contribution in [3.8, 4) is 5.75 Å². The first-order valence-electron chi connectivity index (χ1n) is 5.17. The number of carbonyl (C=O) groups is 2. The molecule has 0 saturated heterocycles. The number of ketones is 1. The molecule has 1 aromatic heterocycles. The Balaban J connectivity index is 2.68. The number of pyridine rings is 1. The summed E-state index contributed by atoms with van der Waals surface area (Å²) >= 11 is 0. The number of aromatic nitrogens is 1. The monoisotopic (exact) mass is 237 g/mol. The molecule has 0 atom stereocenters. The van der Waals surface area contributed by atoms with Gasteiger partial charge >= 0.3 is 5.97 Å². The van der Waals surface area contributed by atoms with Crippen LogP contribution in [0.3, 0.4) is 0 Å². The summed E-state index contributed by atoms with van der Waals surface area (Å²) in [5.74, 6) is -1.33. The second-order valence-corrected chi connectivity index (χ2v) is 4.58. The summed E-state index contributed by atoms with van der Waals surface area (Å²) in [5, 5.41) is 9.39. The first-order valence-corrected chi connectivity index (χ1v) is 5.17. The molecule has 0 amide bonds. The lowest BCUT2D eigenvalue weighted by Crippen LogP contribution is -2.25.